The highest BCUT2D eigenvalue weighted by Crippen LogP contribution is 2.62. The Hall–Kier alpha value is -2.24. The van der Waals surface area contributed by atoms with Crippen molar-refractivity contribution in [2.75, 3.05) is 0 Å². The Morgan fingerprint density at radius 1 is 0.587 bits per heavy atom. The summed E-state index contributed by atoms with van der Waals surface area (Å²) in [5.41, 5.74) is -9.01. The molecule has 2 unspecified atom stereocenters. The lowest BCUT2D eigenvalue weighted by atomic mass is 9.45. The molecule has 0 saturated carbocycles. The smallest absolute Gasteiger partial charge is 0.350 e. The van der Waals surface area contributed by atoms with Crippen molar-refractivity contribution in [2.45, 2.75) is 167 Å². The van der Waals surface area contributed by atoms with Gasteiger partial charge >= 0.3 is 23.9 Å². The van der Waals surface area contributed by atoms with Crippen LogP contribution >= 0.6 is 0 Å². The monoisotopic (exact) mass is 651 g/mol. The van der Waals surface area contributed by atoms with Crippen molar-refractivity contribution in [2.24, 2.45) is 29.1 Å². The predicted molar refractivity (Wildman–Crippen MR) is 175 cm³/mol. The van der Waals surface area contributed by atoms with Crippen molar-refractivity contribution in [3.8, 4) is 0 Å². The molecule has 11 heteroatoms. The molecule has 3 aliphatic rings. The van der Waals surface area contributed by atoms with Crippen molar-refractivity contribution in [1.29, 1.82) is 0 Å². The van der Waals surface area contributed by atoms with E-state index in [1.165, 1.54) is 0 Å². The molecule has 0 amide bonds. The van der Waals surface area contributed by atoms with Gasteiger partial charge in [0.2, 0.25) is 5.60 Å². The Morgan fingerprint density at radius 3 is 1.13 bits per heavy atom. The summed E-state index contributed by atoms with van der Waals surface area (Å²) in [7, 11) is 0. The molecule has 2 atom stereocenters. The van der Waals surface area contributed by atoms with E-state index < -0.39 is 91.8 Å². The Labute approximate surface area is 275 Å². The van der Waals surface area contributed by atoms with Crippen LogP contribution < -0.4 is 16.0 Å². The summed E-state index contributed by atoms with van der Waals surface area (Å²) in [6, 6.07) is 0. The van der Waals surface area contributed by atoms with Crippen molar-refractivity contribution in [3.63, 3.8) is 0 Å². The summed E-state index contributed by atoms with van der Waals surface area (Å²) in [6.07, 6.45) is 1.43. The van der Waals surface area contributed by atoms with Crippen LogP contribution in [0.25, 0.3) is 0 Å². The molecule has 0 bridgehead atoms. The van der Waals surface area contributed by atoms with Crippen molar-refractivity contribution >= 4 is 23.9 Å². The summed E-state index contributed by atoms with van der Waals surface area (Å²) in [4.78, 5) is 55.9. The number of hydrogen-bond acceptors (Lipinski definition) is 8. The van der Waals surface area contributed by atoms with Crippen LogP contribution in [0.1, 0.15) is 129 Å². The third-order valence-corrected chi connectivity index (χ3v) is 10.7. The lowest BCUT2D eigenvalue weighted by Crippen LogP contribution is -2.77. The molecule has 3 heterocycles. The maximum absolute atomic E-state index is 14.6. The molecule has 3 rings (SSSR count). The van der Waals surface area contributed by atoms with Crippen LogP contribution in [0.2, 0.25) is 0 Å². The van der Waals surface area contributed by atoms with Gasteiger partial charge in [-0.2, -0.15) is 0 Å². The number of carboxylic acids is 3. The Morgan fingerprint density at radius 2 is 0.891 bits per heavy atom. The molecular formula is C35H61N3O8. The van der Waals surface area contributed by atoms with Gasteiger partial charge in [0.15, 0.2) is 0 Å². The number of esters is 1. The number of nitrogens with one attached hydrogen (secondary N) is 3. The molecule has 0 aromatic rings. The average Bonchev–Trinajstić information content (AvgIpc) is 2.71. The van der Waals surface area contributed by atoms with Gasteiger partial charge in [-0.3, -0.25) is 14.4 Å². The van der Waals surface area contributed by atoms with E-state index in [1.807, 2.05) is 83.1 Å². The van der Waals surface area contributed by atoms with Crippen LogP contribution in [-0.4, -0.2) is 78.0 Å². The van der Waals surface area contributed by atoms with Gasteiger partial charge in [-0.05, 0) is 139 Å². The van der Waals surface area contributed by atoms with E-state index >= 15 is 0 Å². The number of aliphatic carboxylic acids is 3. The highest BCUT2D eigenvalue weighted by molar-refractivity contribution is 5.96. The van der Waals surface area contributed by atoms with E-state index in [0.29, 0.717) is 0 Å². The van der Waals surface area contributed by atoms with Gasteiger partial charge in [0.25, 0.3) is 0 Å². The summed E-state index contributed by atoms with van der Waals surface area (Å²) >= 11 is 0. The second-order valence-corrected chi connectivity index (χ2v) is 18.7. The van der Waals surface area contributed by atoms with Crippen LogP contribution in [0.4, 0.5) is 0 Å². The van der Waals surface area contributed by atoms with E-state index in [4.69, 9.17) is 4.74 Å². The largest absolute Gasteiger partial charge is 0.481 e. The predicted octanol–water partition coefficient (Wildman–Crippen LogP) is 4.82. The molecule has 11 nitrogen and oxygen atoms in total. The van der Waals surface area contributed by atoms with Gasteiger partial charge in [-0.1, -0.05) is 0 Å². The molecule has 0 spiro atoms. The molecule has 0 radical (unpaired) electrons. The summed E-state index contributed by atoms with van der Waals surface area (Å²) in [6.45, 7) is 24.3. The van der Waals surface area contributed by atoms with Gasteiger partial charge in [0.05, 0.1) is 0 Å². The molecule has 3 fully saturated rings. The number of ether oxygens (including phenoxy) is 1. The summed E-state index contributed by atoms with van der Waals surface area (Å²) in [5.74, 6) is -10.1. The van der Waals surface area contributed by atoms with Crippen LogP contribution in [0.5, 0.6) is 0 Å². The second-order valence-electron chi connectivity index (χ2n) is 18.7. The first-order valence-corrected chi connectivity index (χ1v) is 16.7. The van der Waals surface area contributed by atoms with Gasteiger partial charge in [0, 0.05) is 40.2 Å². The maximum atomic E-state index is 14.6. The molecule has 0 aromatic carbocycles. The average molecular weight is 652 g/mol. The zero-order valence-electron chi connectivity index (χ0n) is 30.4. The molecule has 264 valence electrons. The van der Waals surface area contributed by atoms with E-state index in [9.17, 15) is 34.5 Å². The number of carbonyl (C=O) groups excluding carboxylic acids is 1. The number of hydrogen-bond donors (Lipinski definition) is 6. The van der Waals surface area contributed by atoms with Crippen molar-refractivity contribution in [1.82, 2.24) is 16.0 Å². The van der Waals surface area contributed by atoms with E-state index in [0.717, 1.165) is 6.92 Å². The van der Waals surface area contributed by atoms with Gasteiger partial charge < -0.3 is 36.0 Å². The lowest BCUT2D eigenvalue weighted by Gasteiger charge is -2.62. The molecule has 0 aromatic heterocycles. The zero-order valence-corrected chi connectivity index (χ0v) is 30.4. The van der Waals surface area contributed by atoms with E-state index in [2.05, 4.69) is 16.0 Å². The van der Waals surface area contributed by atoms with Crippen molar-refractivity contribution in [3.05, 3.63) is 0 Å². The number of carboxylic acid groups (broad SMARTS) is 3. The number of piperidine rings is 3. The first-order valence-electron chi connectivity index (χ1n) is 16.7. The van der Waals surface area contributed by atoms with Gasteiger partial charge in [0.1, 0.15) is 11.3 Å². The van der Waals surface area contributed by atoms with Crippen LogP contribution in [0, 0.1) is 29.1 Å². The standard InChI is InChI=1S/C35H61N3O8/c1-20(39)46-35(27(44)45,24(25(40)41)21-14-28(2,3)36-29(4,5)15-21)34(26(42)43,22-16-30(6,7)37-31(8,9)17-22)23-18-32(10,11)38-33(12,13)19-23/h21-24,36-38H,14-19H2,1-13H3,(H,40,41)(H,42,43)(H,44,45). The maximum Gasteiger partial charge on any atom is 0.350 e. The lowest BCUT2D eigenvalue weighted by molar-refractivity contribution is -0.247. The van der Waals surface area contributed by atoms with Crippen LogP contribution in [0.15, 0.2) is 0 Å². The minimum Gasteiger partial charge on any atom is -0.481 e. The second kappa shape index (κ2) is 11.7. The number of rotatable bonds is 9. The highest BCUT2D eigenvalue weighted by Gasteiger charge is 2.77. The molecule has 6 N–H and O–H groups in total. The summed E-state index contributed by atoms with van der Waals surface area (Å²) < 4.78 is 6.06. The first kappa shape index (κ1) is 38.2. The van der Waals surface area contributed by atoms with Gasteiger partial charge in [-0.15, -0.1) is 0 Å². The fraction of sp³-hybridized carbons (Fsp3) is 0.886. The summed E-state index contributed by atoms with van der Waals surface area (Å²) in [5, 5.41) is 45.4. The van der Waals surface area contributed by atoms with Crippen molar-refractivity contribution < 1.29 is 39.2 Å². The van der Waals surface area contributed by atoms with Gasteiger partial charge in [-0.25, -0.2) is 4.79 Å². The van der Waals surface area contributed by atoms with Crippen LogP contribution in [-0.2, 0) is 23.9 Å². The molecular weight excluding hydrogens is 590 g/mol. The van der Waals surface area contributed by atoms with E-state index in [1.54, 1.807) is 0 Å². The third kappa shape index (κ3) is 7.26. The highest BCUT2D eigenvalue weighted by atomic mass is 16.6. The Kier molecular flexibility index (Phi) is 9.74. The third-order valence-electron chi connectivity index (χ3n) is 10.7. The SMILES string of the molecule is CC(=O)OC(C(=O)O)(C(C(=O)O)C1CC(C)(C)NC(C)(C)C1)C(C(=O)O)(C1CC(C)(C)NC(C)(C)C1)C1CC(C)(C)NC(C)(C)C1. The minimum atomic E-state index is -2.94. The Bertz CT molecular complexity index is 1150. The molecule has 46 heavy (non-hydrogen) atoms. The minimum absolute atomic E-state index is 0.235. The van der Waals surface area contributed by atoms with Crippen LogP contribution in [0.3, 0.4) is 0 Å². The quantitative estimate of drug-likeness (QED) is 0.189. The molecule has 0 aliphatic carbocycles. The fourth-order valence-electron chi connectivity index (χ4n) is 11.1. The van der Waals surface area contributed by atoms with E-state index in [-0.39, 0.29) is 38.5 Å². The molecule has 3 aliphatic heterocycles. The fourth-order valence-corrected chi connectivity index (χ4v) is 11.1. The first-order chi connectivity index (χ1) is 20.4. The zero-order chi connectivity index (χ0) is 35.7. The number of carbonyl (C=O) groups is 4. The Balaban J connectivity index is 2.59. The topological polar surface area (TPSA) is 174 Å². The molecule has 3 saturated heterocycles. The normalized spacial score (nSPS) is 27.9.